The van der Waals surface area contributed by atoms with Crippen LogP contribution in [0, 0.1) is 5.92 Å². The van der Waals surface area contributed by atoms with Gasteiger partial charge in [-0.25, -0.2) is 0 Å². The molecule has 1 aromatic carbocycles. The van der Waals surface area contributed by atoms with E-state index in [2.05, 4.69) is 22.3 Å². The van der Waals surface area contributed by atoms with Gasteiger partial charge in [0.1, 0.15) is 0 Å². The summed E-state index contributed by atoms with van der Waals surface area (Å²) in [6.07, 6.45) is 2.49. The molecule has 0 aromatic heterocycles. The van der Waals surface area contributed by atoms with Gasteiger partial charge in [0.05, 0.1) is 6.61 Å². The number of hydrogen-bond acceptors (Lipinski definition) is 3. The average Bonchev–Trinajstić information content (AvgIpc) is 2.40. The summed E-state index contributed by atoms with van der Waals surface area (Å²) in [4.78, 5) is 2.47. The van der Waals surface area contributed by atoms with Crippen LogP contribution < -0.4 is 10.2 Å². The van der Waals surface area contributed by atoms with E-state index in [1.54, 1.807) is 7.11 Å². The highest BCUT2D eigenvalue weighted by atomic mass is 35.5. The fraction of sp³-hybridized carbons (Fsp3) is 0.600. The monoisotopic (exact) mass is 282 g/mol. The van der Waals surface area contributed by atoms with Gasteiger partial charge in [-0.05, 0) is 49.6 Å². The standard InChI is InChI=1S/C15H23ClN2O/c1-17-9-13-8-14(16)5-6-15(13)18-7-3-4-12(10-18)11-19-2/h5-6,8,12,17H,3-4,7,9-11H2,1-2H3. The molecule has 0 amide bonds. The Bertz CT molecular complexity index is 409. The Kier molecular flexibility index (Phi) is 5.49. The van der Waals surface area contributed by atoms with E-state index in [1.165, 1.54) is 24.1 Å². The van der Waals surface area contributed by atoms with Gasteiger partial charge < -0.3 is 15.0 Å². The summed E-state index contributed by atoms with van der Waals surface area (Å²) in [6, 6.07) is 6.19. The van der Waals surface area contributed by atoms with Crippen molar-refractivity contribution in [2.45, 2.75) is 19.4 Å². The van der Waals surface area contributed by atoms with Crippen LogP contribution in [0.2, 0.25) is 5.02 Å². The van der Waals surface area contributed by atoms with Gasteiger partial charge in [-0.3, -0.25) is 0 Å². The zero-order valence-electron chi connectivity index (χ0n) is 11.8. The molecule has 19 heavy (non-hydrogen) atoms. The van der Waals surface area contributed by atoms with Gasteiger partial charge in [0.25, 0.3) is 0 Å². The van der Waals surface area contributed by atoms with Gasteiger partial charge >= 0.3 is 0 Å². The van der Waals surface area contributed by atoms with Crippen LogP contribution in [-0.4, -0.2) is 33.9 Å². The quantitative estimate of drug-likeness (QED) is 0.899. The topological polar surface area (TPSA) is 24.5 Å². The van der Waals surface area contributed by atoms with Gasteiger partial charge in [-0.1, -0.05) is 11.6 Å². The number of nitrogens with zero attached hydrogens (tertiary/aromatic N) is 1. The molecule has 0 aliphatic carbocycles. The largest absolute Gasteiger partial charge is 0.384 e. The van der Waals surface area contributed by atoms with E-state index >= 15 is 0 Å². The molecule has 106 valence electrons. The first kappa shape index (κ1) is 14.6. The van der Waals surface area contributed by atoms with Crippen LogP contribution in [0.4, 0.5) is 5.69 Å². The zero-order chi connectivity index (χ0) is 13.7. The molecule has 1 aliphatic heterocycles. The molecule has 1 aliphatic rings. The average molecular weight is 283 g/mol. The third-order valence-corrected chi connectivity index (χ3v) is 3.91. The summed E-state index contributed by atoms with van der Waals surface area (Å²) in [5.41, 5.74) is 2.58. The van der Waals surface area contributed by atoms with Crippen molar-refractivity contribution < 1.29 is 4.74 Å². The number of halogens is 1. The lowest BCUT2D eigenvalue weighted by Crippen LogP contribution is -2.37. The minimum absolute atomic E-state index is 0.636. The molecule has 0 spiro atoms. The van der Waals surface area contributed by atoms with Crippen LogP contribution in [0.3, 0.4) is 0 Å². The molecule has 0 radical (unpaired) electrons. The Hall–Kier alpha value is -0.770. The smallest absolute Gasteiger partial charge is 0.0507 e. The van der Waals surface area contributed by atoms with Crippen molar-refractivity contribution in [1.29, 1.82) is 0 Å². The third-order valence-electron chi connectivity index (χ3n) is 3.67. The second-order valence-corrected chi connectivity index (χ2v) is 5.65. The highest BCUT2D eigenvalue weighted by molar-refractivity contribution is 6.30. The maximum atomic E-state index is 6.10. The molecule has 4 heteroatoms. The van der Waals surface area contributed by atoms with Gasteiger partial charge in [0.15, 0.2) is 0 Å². The van der Waals surface area contributed by atoms with Crippen molar-refractivity contribution in [2.75, 3.05) is 38.8 Å². The lowest BCUT2D eigenvalue weighted by Gasteiger charge is -2.35. The highest BCUT2D eigenvalue weighted by Gasteiger charge is 2.21. The van der Waals surface area contributed by atoms with E-state index in [0.29, 0.717) is 5.92 Å². The van der Waals surface area contributed by atoms with Gasteiger partial charge in [-0.15, -0.1) is 0 Å². The number of hydrogen-bond donors (Lipinski definition) is 1. The fourth-order valence-electron chi connectivity index (χ4n) is 2.85. The van der Waals surface area contributed by atoms with Crippen molar-refractivity contribution >= 4 is 17.3 Å². The number of nitrogens with one attached hydrogen (secondary N) is 1. The van der Waals surface area contributed by atoms with E-state index in [4.69, 9.17) is 16.3 Å². The van der Waals surface area contributed by atoms with Crippen LogP contribution in [-0.2, 0) is 11.3 Å². The van der Waals surface area contributed by atoms with Crippen molar-refractivity contribution in [1.82, 2.24) is 5.32 Å². The molecule has 1 saturated heterocycles. The molecule has 1 heterocycles. The lowest BCUT2D eigenvalue weighted by atomic mass is 9.97. The van der Waals surface area contributed by atoms with Crippen molar-refractivity contribution in [3.63, 3.8) is 0 Å². The maximum Gasteiger partial charge on any atom is 0.0507 e. The summed E-state index contributed by atoms with van der Waals surface area (Å²) in [7, 11) is 3.75. The molecule has 3 nitrogen and oxygen atoms in total. The SMILES string of the molecule is CNCc1cc(Cl)ccc1N1CCCC(COC)C1. The van der Waals surface area contributed by atoms with E-state index in [1.807, 2.05) is 13.1 Å². The summed E-state index contributed by atoms with van der Waals surface area (Å²) in [5.74, 6) is 0.636. The molecule has 0 saturated carbocycles. The normalized spacial score (nSPS) is 19.7. The number of piperidine rings is 1. The lowest BCUT2D eigenvalue weighted by molar-refractivity contribution is 0.143. The summed E-state index contributed by atoms with van der Waals surface area (Å²) in [6.45, 7) is 3.90. The van der Waals surface area contributed by atoms with Crippen molar-refractivity contribution in [3.8, 4) is 0 Å². The Labute approximate surface area is 120 Å². The first-order chi connectivity index (χ1) is 9.24. The summed E-state index contributed by atoms with van der Waals surface area (Å²) < 4.78 is 5.30. The Balaban J connectivity index is 2.15. The fourth-order valence-corrected chi connectivity index (χ4v) is 3.04. The Morgan fingerprint density at radius 1 is 1.47 bits per heavy atom. The number of anilines is 1. The molecule has 1 fully saturated rings. The van der Waals surface area contributed by atoms with E-state index in [9.17, 15) is 0 Å². The molecule has 1 atom stereocenters. The minimum atomic E-state index is 0.636. The van der Waals surface area contributed by atoms with Gasteiger partial charge in [0, 0.05) is 37.5 Å². The highest BCUT2D eigenvalue weighted by Crippen LogP contribution is 2.28. The van der Waals surface area contributed by atoms with Crippen LogP contribution in [0.5, 0.6) is 0 Å². The number of methoxy groups -OCH3 is 1. The van der Waals surface area contributed by atoms with Gasteiger partial charge in [-0.2, -0.15) is 0 Å². The summed E-state index contributed by atoms with van der Waals surface area (Å²) in [5, 5.41) is 4.02. The molecule has 2 rings (SSSR count). The van der Waals surface area contributed by atoms with E-state index < -0.39 is 0 Å². The predicted molar refractivity (Wildman–Crippen MR) is 81.0 cm³/mol. The Morgan fingerprint density at radius 3 is 3.05 bits per heavy atom. The van der Waals surface area contributed by atoms with Crippen LogP contribution in [0.25, 0.3) is 0 Å². The van der Waals surface area contributed by atoms with Crippen LogP contribution in [0.1, 0.15) is 18.4 Å². The zero-order valence-corrected chi connectivity index (χ0v) is 12.5. The summed E-state index contributed by atoms with van der Waals surface area (Å²) >= 11 is 6.10. The first-order valence-corrected chi connectivity index (χ1v) is 7.29. The van der Waals surface area contributed by atoms with E-state index in [-0.39, 0.29) is 0 Å². The predicted octanol–water partition coefficient (Wildman–Crippen LogP) is 2.92. The molecule has 1 unspecified atom stereocenters. The minimum Gasteiger partial charge on any atom is -0.384 e. The number of rotatable bonds is 5. The van der Waals surface area contributed by atoms with Gasteiger partial charge in [0.2, 0.25) is 0 Å². The Morgan fingerprint density at radius 2 is 2.32 bits per heavy atom. The number of ether oxygens (including phenoxy) is 1. The molecular weight excluding hydrogens is 260 g/mol. The molecule has 1 N–H and O–H groups in total. The van der Waals surface area contributed by atoms with Crippen LogP contribution in [0.15, 0.2) is 18.2 Å². The second kappa shape index (κ2) is 7.13. The molecular formula is C15H23ClN2O. The maximum absolute atomic E-state index is 6.10. The second-order valence-electron chi connectivity index (χ2n) is 5.21. The first-order valence-electron chi connectivity index (χ1n) is 6.91. The van der Waals surface area contributed by atoms with Crippen molar-refractivity contribution in [2.24, 2.45) is 5.92 Å². The molecule has 1 aromatic rings. The third kappa shape index (κ3) is 3.85. The number of benzene rings is 1. The van der Waals surface area contributed by atoms with Crippen molar-refractivity contribution in [3.05, 3.63) is 28.8 Å². The molecule has 0 bridgehead atoms. The van der Waals surface area contributed by atoms with Crippen LogP contribution >= 0.6 is 11.6 Å². The van der Waals surface area contributed by atoms with E-state index in [0.717, 1.165) is 31.3 Å².